The third-order valence-electron chi connectivity index (χ3n) is 7.06. The summed E-state index contributed by atoms with van der Waals surface area (Å²) >= 11 is 8.08. The number of hydrogen-bond donors (Lipinski definition) is 1. The average molecular weight is 499 g/mol. The Morgan fingerprint density at radius 2 is 2.03 bits per heavy atom. The second kappa shape index (κ2) is 9.44. The van der Waals surface area contributed by atoms with Crippen molar-refractivity contribution < 1.29 is 4.79 Å². The number of aromatic nitrogens is 2. The molecule has 2 aliphatic rings. The quantitative estimate of drug-likeness (QED) is 0.532. The maximum atomic E-state index is 13.8. The molecule has 3 aromatic rings. The van der Waals surface area contributed by atoms with Crippen LogP contribution in [0.25, 0.3) is 10.2 Å². The number of nitrogens with one attached hydrogen (secondary N) is 1. The lowest BCUT2D eigenvalue weighted by molar-refractivity contribution is -0.116. The Morgan fingerprint density at radius 3 is 2.76 bits per heavy atom. The summed E-state index contributed by atoms with van der Waals surface area (Å²) in [5.41, 5.74) is 3.60. The summed E-state index contributed by atoms with van der Waals surface area (Å²) < 4.78 is 1.60. The Labute approximate surface area is 208 Å². The van der Waals surface area contributed by atoms with Gasteiger partial charge in [-0.3, -0.25) is 19.1 Å². The molecule has 6 nitrogen and oxygen atoms in total. The third-order valence-corrected chi connectivity index (χ3v) is 8.50. The molecule has 1 amide bonds. The Balaban J connectivity index is 1.53. The fraction of sp³-hybridized carbons (Fsp3) is 0.500. The highest BCUT2D eigenvalue weighted by Crippen LogP contribution is 2.36. The van der Waals surface area contributed by atoms with Crippen molar-refractivity contribution in [1.82, 2.24) is 14.5 Å². The zero-order valence-corrected chi connectivity index (χ0v) is 21.6. The molecule has 0 radical (unpaired) electrons. The Morgan fingerprint density at radius 1 is 1.26 bits per heavy atom. The number of fused-ring (bicyclic) bond motifs is 3. The Kier molecular flexibility index (Phi) is 6.53. The number of carbonyl (C=O) groups is 1. The molecule has 1 N–H and O–H groups in total. The van der Waals surface area contributed by atoms with E-state index in [1.54, 1.807) is 15.9 Å². The highest BCUT2D eigenvalue weighted by molar-refractivity contribution is 7.18. The molecule has 1 saturated heterocycles. The number of nitrogens with zero attached hydrogens (tertiary/aromatic N) is 3. The summed E-state index contributed by atoms with van der Waals surface area (Å²) in [5.74, 6) is 1.03. The number of thiophene rings is 1. The summed E-state index contributed by atoms with van der Waals surface area (Å²) in [6.07, 6.45) is 5.30. The number of likely N-dealkylation sites (tertiary alicyclic amines) is 1. The number of amides is 1. The summed E-state index contributed by atoms with van der Waals surface area (Å²) in [5, 5.41) is 4.16. The van der Waals surface area contributed by atoms with Crippen molar-refractivity contribution in [3.8, 4) is 0 Å². The van der Waals surface area contributed by atoms with Crippen LogP contribution in [-0.4, -0.2) is 33.4 Å². The van der Waals surface area contributed by atoms with E-state index in [-0.39, 0.29) is 18.0 Å². The first kappa shape index (κ1) is 23.5. The molecule has 1 aliphatic carbocycles. The van der Waals surface area contributed by atoms with Crippen molar-refractivity contribution in [1.29, 1.82) is 0 Å². The molecule has 180 valence electrons. The number of halogens is 1. The number of carbonyl (C=O) groups excluding carboxylic acids is 1. The Hall–Kier alpha value is -2.22. The van der Waals surface area contributed by atoms with Crippen molar-refractivity contribution in [2.45, 2.75) is 66.0 Å². The molecule has 5 rings (SSSR count). The maximum absolute atomic E-state index is 13.8. The van der Waals surface area contributed by atoms with Crippen LogP contribution in [0.5, 0.6) is 0 Å². The van der Waals surface area contributed by atoms with Gasteiger partial charge in [-0.05, 0) is 87.7 Å². The van der Waals surface area contributed by atoms with Gasteiger partial charge in [-0.25, -0.2) is 4.98 Å². The van der Waals surface area contributed by atoms with Crippen LogP contribution in [-0.2, 0) is 30.7 Å². The van der Waals surface area contributed by atoms with Crippen LogP contribution >= 0.6 is 22.9 Å². The number of aryl methyl sites for hydroxylation is 3. The monoisotopic (exact) mass is 498 g/mol. The van der Waals surface area contributed by atoms with Crippen LogP contribution in [0.4, 0.5) is 5.69 Å². The van der Waals surface area contributed by atoms with Crippen molar-refractivity contribution >= 4 is 44.7 Å². The van der Waals surface area contributed by atoms with Crippen LogP contribution in [0.15, 0.2) is 16.9 Å². The number of hydrogen-bond acceptors (Lipinski definition) is 5. The van der Waals surface area contributed by atoms with Gasteiger partial charge >= 0.3 is 0 Å². The van der Waals surface area contributed by atoms with Gasteiger partial charge in [0.05, 0.1) is 22.6 Å². The zero-order chi connectivity index (χ0) is 24.0. The van der Waals surface area contributed by atoms with E-state index in [9.17, 15) is 9.59 Å². The van der Waals surface area contributed by atoms with Gasteiger partial charge in [0.25, 0.3) is 5.56 Å². The molecule has 1 atom stereocenters. The van der Waals surface area contributed by atoms with Gasteiger partial charge in [-0.1, -0.05) is 24.6 Å². The standard InChI is InChI=1S/C26H31ClN4O2S/c1-15-6-7-18-20(12-15)34-25-23(18)26(33)31(21(28-25)13-30-8-4-5-9-30)14-22(32)29-24-17(3)10-16(2)11-19(24)27/h10-11,15H,4-9,12-14H2,1-3H3,(H,29,32)/t15-/m1/s1. The smallest absolute Gasteiger partial charge is 0.263 e. The number of anilines is 1. The average Bonchev–Trinajstić information content (AvgIpc) is 3.40. The summed E-state index contributed by atoms with van der Waals surface area (Å²) in [6.45, 7) is 8.66. The highest BCUT2D eigenvalue weighted by atomic mass is 35.5. The van der Waals surface area contributed by atoms with E-state index < -0.39 is 0 Å². The number of rotatable bonds is 5. The molecule has 0 spiro atoms. The van der Waals surface area contributed by atoms with Crippen LogP contribution in [0.1, 0.15) is 53.6 Å². The first-order valence-corrected chi connectivity index (χ1v) is 13.3. The normalized spacial score (nSPS) is 18.4. The van der Waals surface area contributed by atoms with Crippen molar-refractivity contribution in [3.05, 3.63) is 54.9 Å². The van der Waals surface area contributed by atoms with Crippen LogP contribution < -0.4 is 10.9 Å². The molecule has 8 heteroatoms. The first-order chi connectivity index (χ1) is 16.3. The summed E-state index contributed by atoms with van der Waals surface area (Å²) in [4.78, 5) is 36.4. The van der Waals surface area contributed by atoms with E-state index >= 15 is 0 Å². The molecule has 1 fully saturated rings. The molecule has 0 unspecified atom stereocenters. The van der Waals surface area contributed by atoms with E-state index in [0.717, 1.165) is 72.1 Å². The molecular formula is C26H31ClN4O2S. The SMILES string of the molecule is Cc1cc(C)c(NC(=O)Cn2c(CN3CCCC3)nc3sc4c(c3c2=O)CC[C@@H](C)C4)c(Cl)c1. The third kappa shape index (κ3) is 4.53. The van der Waals surface area contributed by atoms with Gasteiger partial charge in [-0.2, -0.15) is 0 Å². The van der Waals surface area contributed by atoms with E-state index in [1.807, 2.05) is 26.0 Å². The van der Waals surface area contributed by atoms with E-state index in [1.165, 1.54) is 4.88 Å². The van der Waals surface area contributed by atoms with Gasteiger partial charge in [-0.15, -0.1) is 11.3 Å². The van der Waals surface area contributed by atoms with Gasteiger partial charge in [0.15, 0.2) is 0 Å². The lowest BCUT2D eigenvalue weighted by atomic mass is 9.89. The van der Waals surface area contributed by atoms with Gasteiger partial charge in [0.1, 0.15) is 17.2 Å². The fourth-order valence-electron chi connectivity index (χ4n) is 5.29. The molecule has 0 bridgehead atoms. The van der Waals surface area contributed by atoms with Gasteiger partial charge in [0, 0.05) is 4.88 Å². The molecule has 3 heterocycles. The first-order valence-electron chi connectivity index (χ1n) is 12.1. The van der Waals surface area contributed by atoms with Crippen molar-refractivity contribution in [2.24, 2.45) is 5.92 Å². The summed E-state index contributed by atoms with van der Waals surface area (Å²) in [6, 6.07) is 3.82. The molecule has 34 heavy (non-hydrogen) atoms. The lowest BCUT2D eigenvalue weighted by Gasteiger charge is -2.19. The predicted octanol–water partition coefficient (Wildman–Crippen LogP) is 5.09. The van der Waals surface area contributed by atoms with E-state index in [4.69, 9.17) is 16.6 Å². The maximum Gasteiger partial charge on any atom is 0.263 e. The topological polar surface area (TPSA) is 67.2 Å². The van der Waals surface area contributed by atoms with Gasteiger partial charge < -0.3 is 5.32 Å². The van der Waals surface area contributed by atoms with Crippen molar-refractivity contribution in [2.75, 3.05) is 18.4 Å². The molecular weight excluding hydrogens is 468 g/mol. The second-order valence-electron chi connectivity index (χ2n) is 9.92. The minimum atomic E-state index is -0.266. The molecule has 1 aromatic carbocycles. The van der Waals surface area contributed by atoms with E-state index in [2.05, 4.69) is 17.1 Å². The number of benzene rings is 1. The zero-order valence-electron chi connectivity index (χ0n) is 20.0. The summed E-state index contributed by atoms with van der Waals surface area (Å²) in [7, 11) is 0. The highest BCUT2D eigenvalue weighted by Gasteiger charge is 2.26. The largest absolute Gasteiger partial charge is 0.323 e. The molecule has 1 aliphatic heterocycles. The van der Waals surface area contributed by atoms with E-state index in [0.29, 0.717) is 29.0 Å². The van der Waals surface area contributed by atoms with Crippen LogP contribution in [0, 0.1) is 19.8 Å². The Bertz CT molecular complexity index is 1300. The van der Waals surface area contributed by atoms with Crippen LogP contribution in [0.2, 0.25) is 5.02 Å². The van der Waals surface area contributed by atoms with Gasteiger partial charge in [0.2, 0.25) is 5.91 Å². The fourth-order valence-corrected chi connectivity index (χ4v) is 7.05. The predicted molar refractivity (Wildman–Crippen MR) is 139 cm³/mol. The van der Waals surface area contributed by atoms with Crippen LogP contribution in [0.3, 0.4) is 0 Å². The molecule has 2 aromatic heterocycles. The minimum Gasteiger partial charge on any atom is -0.323 e. The van der Waals surface area contributed by atoms with Crippen molar-refractivity contribution in [3.63, 3.8) is 0 Å². The molecule has 0 saturated carbocycles. The second-order valence-corrected chi connectivity index (χ2v) is 11.4. The minimum absolute atomic E-state index is 0.0738. The lowest BCUT2D eigenvalue weighted by Crippen LogP contribution is -2.34.